The van der Waals surface area contributed by atoms with Gasteiger partial charge < -0.3 is 15.8 Å². The number of hydrogen-bond donors (Lipinski definition) is 2. The molecule has 1 fully saturated rings. The zero-order valence-corrected chi connectivity index (χ0v) is 13.6. The van der Waals surface area contributed by atoms with E-state index in [9.17, 15) is 0 Å². The predicted molar refractivity (Wildman–Crippen MR) is 91.7 cm³/mol. The van der Waals surface area contributed by atoms with E-state index in [0.29, 0.717) is 17.8 Å². The van der Waals surface area contributed by atoms with Gasteiger partial charge in [-0.1, -0.05) is 12.1 Å². The molecule has 1 aromatic heterocycles. The number of nitrogens with two attached hydrogens (primary N) is 1. The van der Waals surface area contributed by atoms with Gasteiger partial charge in [0.1, 0.15) is 5.82 Å². The molecule has 0 saturated carbocycles. The van der Waals surface area contributed by atoms with Crippen LogP contribution < -0.4 is 11.1 Å². The fraction of sp³-hybridized carbons (Fsp3) is 0.412. The Morgan fingerprint density at radius 1 is 1.22 bits per heavy atom. The molecular weight excluding hydrogens is 290 g/mol. The number of anilines is 3. The van der Waals surface area contributed by atoms with Crippen LogP contribution in [0.1, 0.15) is 24.1 Å². The first-order chi connectivity index (χ1) is 11.1. The molecule has 122 valence electrons. The lowest BCUT2D eigenvalue weighted by molar-refractivity contribution is 0.0198. The van der Waals surface area contributed by atoms with E-state index >= 15 is 0 Å². The third kappa shape index (κ3) is 3.78. The van der Waals surface area contributed by atoms with Crippen molar-refractivity contribution in [3.63, 3.8) is 0 Å². The molecule has 3 N–H and O–H groups in total. The zero-order valence-electron chi connectivity index (χ0n) is 13.6. The highest BCUT2D eigenvalue weighted by Gasteiger charge is 2.18. The van der Waals surface area contributed by atoms with E-state index in [4.69, 9.17) is 10.5 Å². The van der Waals surface area contributed by atoms with Crippen molar-refractivity contribution in [3.05, 3.63) is 41.6 Å². The monoisotopic (exact) mass is 313 g/mol. The number of hydrogen-bond acceptors (Lipinski definition) is 6. The van der Waals surface area contributed by atoms with E-state index in [0.717, 1.165) is 37.6 Å². The van der Waals surface area contributed by atoms with Crippen LogP contribution in [0.5, 0.6) is 0 Å². The van der Waals surface area contributed by atoms with Gasteiger partial charge in [-0.15, -0.1) is 0 Å². The molecular formula is C17H23N5O. The Morgan fingerprint density at radius 2 is 1.91 bits per heavy atom. The predicted octanol–water partition coefficient (Wildman–Crippen LogP) is 2.50. The number of benzene rings is 1. The lowest BCUT2D eigenvalue weighted by Crippen LogP contribution is -2.37. The van der Waals surface area contributed by atoms with Gasteiger partial charge in [0.25, 0.3) is 0 Å². The van der Waals surface area contributed by atoms with Crippen LogP contribution in [0, 0.1) is 6.92 Å². The molecule has 1 saturated heterocycles. The van der Waals surface area contributed by atoms with Crippen molar-refractivity contribution in [3.8, 4) is 0 Å². The number of aryl methyl sites for hydroxylation is 1. The summed E-state index contributed by atoms with van der Waals surface area (Å²) in [5.74, 6) is 1.02. The van der Waals surface area contributed by atoms with E-state index in [1.807, 2.05) is 19.1 Å². The number of nitrogen functional groups attached to an aromatic ring is 1. The van der Waals surface area contributed by atoms with Crippen LogP contribution in [-0.4, -0.2) is 41.2 Å². The summed E-state index contributed by atoms with van der Waals surface area (Å²) in [6.45, 7) is 7.72. The topological polar surface area (TPSA) is 76.3 Å². The first-order valence-corrected chi connectivity index (χ1v) is 7.91. The van der Waals surface area contributed by atoms with Crippen LogP contribution in [0.25, 0.3) is 0 Å². The molecule has 0 spiro atoms. The second kappa shape index (κ2) is 6.93. The molecule has 6 heteroatoms. The van der Waals surface area contributed by atoms with Crippen molar-refractivity contribution in [2.24, 2.45) is 0 Å². The Labute approximate surface area is 136 Å². The van der Waals surface area contributed by atoms with Crippen LogP contribution in [-0.2, 0) is 4.74 Å². The van der Waals surface area contributed by atoms with Crippen LogP contribution in [0.15, 0.2) is 30.5 Å². The largest absolute Gasteiger partial charge is 0.383 e. The first kappa shape index (κ1) is 15.7. The van der Waals surface area contributed by atoms with Crippen molar-refractivity contribution in [2.75, 3.05) is 37.4 Å². The fourth-order valence-corrected chi connectivity index (χ4v) is 2.67. The molecule has 1 unspecified atom stereocenters. The molecule has 0 amide bonds. The van der Waals surface area contributed by atoms with E-state index in [1.54, 1.807) is 6.20 Å². The van der Waals surface area contributed by atoms with E-state index in [2.05, 4.69) is 39.2 Å². The van der Waals surface area contributed by atoms with Gasteiger partial charge in [-0.25, -0.2) is 4.98 Å². The highest BCUT2D eigenvalue weighted by Crippen LogP contribution is 2.23. The number of morpholine rings is 1. The van der Waals surface area contributed by atoms with Gasteiger partial charge in [-0.2, -0.15) is 4.98 Å². The molecule has 1 atom stereocenters. The van der Waals surface area contributed by atoms with Crippen molar-refractivity contribution < 1.29 is 4.74 Å². The average molecular weight is 313 g/mol. The highest BCUT2D eigenvalue weighted by atomic mass is 16.5. The molecule has 0 aliphatic carbocycles. The van der Waals surface area contributed by atoms with Crippen molar-refractivity contribution >= 4 is 17.5 Å². The van der Waals surface area contributed by atoms with Crippen LogP contribution >= 0.6 is 0 Å². The summed E-state index contributed by atoms with van der Waals surface area (Å²) >= 11 is 0. The van der Waals surface area contributed by atoms with E-state index < -0.39 is 0 Å². The maximum Gasteiger partial charge on any atom is 0.229 e. The third-order valence-electron chi connectivity index (χ3n) is 4.25. The molecule has 1 aromatic carbocycles. The summed E-state index contributed by atoms with van der Waals surface area (Å²) in [6.07, 6.45) is 1.72. The fourth-order valence-electron chi connectivity index (χ4n) is 2.67. The summed E-state index contributed by atoms with van der Waals surface area (Å²) in [5.41, 5.74) is 8.94. The number of rotatable bonds is 4. The SMILES string of the molecule is Cc1cnc(Nc2ccc(C(C)N3CCOCC3)cc2)nc1N. The maximum absolute atomic E-state index is 5.81. The Morgan fingerprint density at radius 3 is 2.57 bits per heavy atom. The van der Waals surface area contributed by atoms with E-state index in [1.165, 1.54) is 5.56 Å². The van der Waals surface area contributed by atoms with Gasteiger partial charge in [0.15, 0.2) is 0 Å². The molecule has 23 heavy (non-hydrogen) atoms. The van der Waals surface area contributed by atoms with E-state index in [-0.39, 0.29) is 0 Å². The lowest BCUT2D eigenvalue weighted by atomic mass is 10.1. The normalized spacial score (nSPS) is 17.0. The summed E-state index contributed by atoms with van der Waals surface area (Å²) in [4.78, 5) is 10.9. The van der Waals surface area contributed by atoms with Gasteiger partial charge >= 0.3 is 0 Å². The minimum absolute atomic E-state index is 0.388. The van der Waals surface area contributed by atoms with Crippen LogP contribution in [0.4, 0.5) is 17.5 Å². The quantitative estimate of drug-likeness (QED) is 0.903. The number of nitrogens with zero attached hydrogens (tertiary/aromatic N) is 3. The van der Waals surface area contributed by atoms with Crippen molar-refractivity contribution in [2.45, 2.75) is 19.9 Å². The highest BCUT2D eigenvalue weighted by molar-refractivity contribution is 5.55. The maximum atomic E-state index is 5.81. The third-order valence-corrected chi connectivity index (χ3v) is 4.25. The average Bonchev–Trinajstić information content (AvgIpc) is 2.59. The second-order valence-corrected chi connectivity index (χ2v) is 5.83. The molecule has 0 bridgehead atoms. The molecule has 0 radical (unpaired) electrons. The molecule has 1 aliphatic heterocycles. The van der Waals surface area contributed by atoms with Gasteiger partial charge in [0.05, 0.1) is 13.2 Å². The zero-order chi connectivity index (χ0) is 16.2. The van der Waals surface area contributed by atoms with Gasteiger partial charge in [-0.05, 0) is 31.5 Å². The van der Waals surface area contributed by atoms with Gasteiger partial charge in [0.2, 0.25) is 5.95 Å². The minimum atomic E-state index is 0.388. The number of ether oxygens (including phenoxy) is 1. The summed E-state index contributed by atoms with van der Waals surface area (Å²) < 4.78 is 5.41. The summed E-state index contributed by atoms with van der Waals surface area (Å²) in [5, 5.41) is 3.18. The summed E-state index contributed by atoms with van der Waals surface area (Å²) in [6, 6.07) is 8.76. The first-order valence-electron chi connectivity index (χ1n) is 7.91. The number of nitrogens with one attached hydrogen (secondary N) is 1. The minimum Gasteiger partial charge on any atom is -0.383 e. The second-order valence-electron chi connectivity index (χ2n) is 5.83. The lowest BCUT2D eigenvalue weighted by Gasteiger charge is -2.32. The molecule has 3 rings (SSSR count). The Bertz CT molecular complexity index is 653. The van der Waals surface area contributed by atoms with Crippen molar-refractivity contribution in [1.29, 1.82) is 0 Å². The Balaban J connectivity index is 1.67. The van der Waals surface area contributed by atoms with Crippen LogP contribution in [0.2, 0.25) is 0 Å². The van der Waals surface area contributed by atoms with Gasteiger partial charge in [-0.3, -0.25) is 4.90 Å². The molecule has 6 nitrogen and oxygen atoms in total. The van der Waals surface area contributed by atoms with Crippen LogP contribution in [0.3, 0.4) is 0 Å². The molecule has 2 aromatic rings. The Hall–Kier alpha value is -2.18. The Kier molecular flexibility index (Phi) is 4.73. The van der Waals surface area contributed by atoms with Gasteiger partial charge in [0, 0.05) is 36.6 Å². The number of aromatic nitrogens is 2. The standard InChI is InChI=1S/C17H23N5O/c1-12-11-19-17(21-16(12)18)20-15-5-3-14(4-6-15)13(2)22-7-9-23-10-8-22/h3-6,11,13H,7-10H2,1-2H3,(H3,18,19,20,21). The smallest absolute Gasteiger partial charge is 0.229 e. The van der Waals surface area contributed by atoms with Crippen molar-refractivity contribution in [1.82, 2.24) is 14.9 Å². The molecule has 1 aliphatic rings. The summed E-state index contributed by atoms with van der Waals surface area (Å²) in [7, 11) is 0. The molecule has 2 heterocycles.